The van der Waals surface area contributed by atoms with Crippen molar-refractivity contribution in [1.82, 2.24) is 6.15 Å². The van der Waals surface area contributed by atoms with Crippen molar-refractivity contribution >= 4 is 5.69 Å². The van der Waals surface area contributed by atoms with Gasteiger partial charge in [-0.15, -0.1) is 0 Å². The van der Waals surface area contributed by atoms with Crippen molar-refractivity contribution in [1.29, 1.82) is 0 Å². The van der Waals surface area contributed by atoms with Gasteiger partial charge in [-0.2, -0.15) is 0 Å². The first-order chi connectivity index (χ1) is 4.20. The molecule has 0 aliphatic carbocycles. The number of hydrogen-bond acceptors (Lipinski definition) is 2. The van der Waals surface area contributed by atoms with Crippen molar-refractivity contribution in [3.63, 3.8) is 0 Å². The summed E-state index contributed by atoms with van der Waals surface area (Å²) in [4.78, 5) is 0. The molecule has 0 amide bonds. The molecule has 0 atom stereocenters. The summed E-state index contributed by atoms with van der Waals surface area (Å²) in [5, 5.41) is 0. The second-order valence-corrected chi connectivity index (χ2v) is 2.34. The van der Waals surface area contributed by atoms with E-state index in [0.29, 0.717) is 0 Å². The lowest BCUT2D eigenvalue weighted by atomic mass is 10.1. The molecule has 0 aliphatic heterocycles. The van der Waals surface area contributed by atoms with E-state index in [9.17, 15) is 0 Å². The van der Waals surface area contributed by atoms with Crippen molar-refractivity contribution in [2.45, 2.75) is 13.8 Å². The van der Waals surface area contributed by atoms with Crippen LogP contribution in [-0.2, 0) is 0 Å². The molecule has 1 aromatic rings. The molecule has 0 aliphatic rings. The van der Waals surface area contributed by atoms with E-state index in [1.54, 1.807) is 0 Å². The van der Waals surface area contributed by atoms with Crippen LogP contribution in [0.25, 0.3) is 0 Å². The standard InChI is InChI=1S/C8H11N.H3N/c1-6-3-4-8(9)5-7(6)2;/h3-5H,9H2,1-2H3;1H3. The van der Waals surface area contributed by atoms with Gasteiger partial charge >= 0.3 is 0 Å². The van der Waals surface area contributed by atoms with Gasteiger partial charge in [-0.3, -0.25) is 0 Å². The molecule has 2 nitrogen and oxygen atoms in total. The maximum absolute atomic E-state index is 5.53. The first-order valence-electron chi connectivity index (χ1n) is 3.03. The SMILES string of the molecule is Cc1ccc(N)cc1C.N. The van der Waals surface area contributed by atoms with Gasteiger partial charge < -0.3 is 11.9 Å². The van der Waals surface area contributed by atoms with Crippen LogP contribution in [0.2, 0.25) is 0 Å². The minimum atomic E-state index is 0. The molecule has 0 saturated carbocycles. The van der Waals surface area contributed by atoms with Gasteiger partial charge in [0.15, 0.2) is 0 Å². The average molecular weight is 138 g/mol. The fourth-order valence-corrected chi connectivity index (χ4v) is 0.765. The molecule has 0 radical (unpaired) electrons. The van der Waals surface area contributed by atoms with Gasteiger partial charge in [0.05, 0.1) is 0 Å². The number of nitrogens with two attached hydrogens (primary N) is 1. The Hall–Kier alpha value is -1.02. The molecule has 0 spiro atoms. The van der Waals surface area contributed by atoms with Crippen LogP contribution in [0.15, 0.2) is 18.2 Å². The summed E-state index contributed by atoms with van der Waals surface area (Å²) in [7, 11) is 0. The van der Waals surface area contributed by atoms with Crippen molar-refractivity contribution in [3.05, 3.63) is 29.3 Å². The zero-order valence-corrected chi connectivity index (χ0v) is 6.52. The lowest BCUT2D eigenvalue weighted by molar-refractivity contribution is 1.34. The summed E-state index contributed by atoms with van der Waals surface area (Å²) in [6, 6.07) is 5.93. The highest BCUT2D eigenvalue weighted by Crippen LogP contribution is 2.09. The maximum Gasteiger partial charge on any atom is 0.0316 e. The molecule has 0 aromatic heterocycles. The molecule has 0 unspecified atom stereocenters. The van der Waals surface area contributed by atoms with Gasteiger partial charge in [-0.25, -0.2) is 0 Å². The fourth-order valence-electron chi connectivity index (χ4n) is 0.765. The van der Waals surface area contributed by atoms with Crippen molar-refractivity contribution in [3.8, 4) is 0 Å². The lowest BCUT2D eigenvalue weighted by Crippen LogP contribution is -1.86. The predicted octanol–water partition coefficient (Wildman–Crippen LogP) is 2.05. The Labute approximate surface area is 61.6 Å². The Morgan fingerprint density at radius 2 is 1.70 bits per heavy atom. The number of benzene rings is 1. The highest BCUT2D eigenvalue weighted by atomic mass is 14.5. The predicted molar refractivity (Wildman–Crippen MR) is 45.4 cm³/mol. The second-order valence-electron chi connectivity index (χ2n) is 2.34. The molecular formula is C8H14N2. The molecule has 0 bridgehead atoms. The van der Waals surface area contributed by atoms with Crippen LogP contribution in [0.5, 0.6) is 0 Å². The van der Waals surface area contributed by atoms with E-state index >= 15 is 0 Å². The minimum absolute atomic E-state index is 0. The molecular weight excluding hydrogens is 124 g/mol. The Balaban J connectivity index is 0.000000810. The molecule has 0 fully saturated rings. The summed E-state index contributed by atoms with van der Waals surface area (Å²) < 4.78 is 0. The van der Waals surface area contributed by atoms with Crippen molar-refractivity contribution in [2.24, 2.45) is 0 Å². The maximum atomic E-state index is 5.53. The van der Waals surface area contributed by atoms with Gasteiger partial charge in [0.2, 0.25) is 0 Å². The normalized spacial score (nSPS) is 8.60. The fraction of sp³-hybridized carbons (Fsp3) is 0.250. The molecule has 10 heavy (non-hydrogen) atoms. The summed E-state index contributed by atoms with van der Waals surface area (Å²) >= 11 is 0. The first kappa shape index (κ1) is 8.98. The van der Waals surface area contributed by atoms with Gasteiger partial charge in [0, 0.05) is 5.69 Å². The number of aryl methyl sites for hydroxylation is 2. The third kappa shape index (κ3) is 1.74. The molecule has 0 heterocycles. The van der Waals surface area contributed by atoms with Crippen LogP contribution in [-0.4, -0.2) is 0 Å². The number of anilines is 1. The van der Waals surface area contributed by atoms with Crippen LogP contribution in [0.1, 0.15) is 11.1 Å². The second kappa shape index (κ2) is 3.22. The Kier molecular flexibility index (Phi) is 2.90. The number of hydrogen-bond donors (Lipinski definition) is 2. The van der Waals surface area contributed by atoms with E-state index in [4.69, 9.17) is 5.73 Å². The Morgan fingerprint density at radius 1 is 1.10 bits per heavy atom. The highest BCUT2D eigenvalue weighted by Gasteiger charge is 1.89. The van der Waals surface area contributed by atoms with Gasteiger partial charge in [-0.05, 0) is 37.1 Å². The van der Waals surface area contributed by atoms with Crippen molar-refractivity contribution < 1.29 is 0 Å². The van der Waals surface area contributed by atoms with Crippen LogP contribution >= 0.6 is 0 Å². The van der Waals surface area contributed by atoms with Gasteiger partial charge in [0.1, 0.15) is 0 Å². The van der Waals surface area contributed by atoms with E-state index in [1.807, 2.05) is 18.2 Å². The largest absolute Gasteiger partial charge is 0.399 e. The van der Waals surface area contributed by atoms with Crippen LogP contribution in [0, 0.1) is 13.8 Å². The summed E-state index contributed by atoms with van der Waals surface area (Å²) in [5.41, 5.74) is 8.93. The smallest absolute Gasteiger partial charge is 0.0316 e. The molecule has 0 saturated heterocycles. The van der Waals surface area contributed by atoms with Crippen molar-refractivity contribution in [2.75, 3.05) is 5.73 Å². The average Bonchev–Trinajstić information content (AvgIpc) is 1.80. The van der Waals surface area contributed by atoms with Gasteiger partial charge in [0.25, 0.3) is 0 Å². The summed E-state index contributed by atoms with van der Waals surface area (Å²) in [6.45, 7) is 4.14. The first-order valence-corrected chi connectivity index (χ1v) is 3.03. The number of nitrogen functional groups attached to an aromatic ring is 1. The number of rotatable bonds is 0. The lowest BCUT2D eigenvalue weighted by Gasteiger charge is -1.98. The molecule has 5 N–H and O–H groups in total. The topological polar surface area (TPSA) is 61.0 Å². The Morgan fingerprint density at radius 3 is 2.10 bits per heavy atom. The highest BCUT2D eigenvalue weighted by molar-refractivity contribution is 5.43. The van der Waals surface area contributed by atoms with E-state index in [1.165, 1.54) is 11.1 Å². The summed E-state index contributed by atoms with van der Waals surface area (Å²) in [5.74, 6) is 0. The van der Waals surface area contributed by atoms with Crippen LogP contribution in [0.4, 0.5) is 5.69 Å². The van der Waals surface area contributed by atoms with Gasteiger partial charge in [-0.1, -0.05) is 6.07 Å². The Bertz CT molecular complexity index is 218. The molecule has 1 aromatic carbocycles. The third-order valence-electron chi connectivity index (χ3n) is 1.53. The monoisotopic (exact) mass is 138 g/mol. The van der Waals surface area contributed by atoms with E-state index < -0.39 is 0 Å². The van der Waals surface area contributed by atoms with Crippen LogP contribution < -0.4 is 11.9 Å². The quantitative estimate of drug-likeness (QED) is 0.539. The van der Waals surface area contributed by atoms with Crippen LogP contribution in [0.3, 0.4) is 0 Å². The minimum Gasteiger partial charge on any atom is -0.399 e. The van der Waals surface area contributed by atoms with E-state index in [0.717, 1.165) is 5.69 Å². The molecule has 56 valence electrons. The summed E-state index contributed by atoms with van der Waals surface area (Å²) in [6.07, 6.45) is 0. The zero-order chi connectivity index (χ0) is 6.85. The van der Waals surface area contributed by atoms with E-state index in [-0.39, 0.29) is 6.15 Å². The molecule has 1 rings (SSSR count). The third-order valence-corrected chi connectivity index (χ3v) is 1.53. The van der Waals surface area contributed by atoms with E-state index in [2.05, 4.69) is 13.8 Å². The molecule has 2 heteroatoms. The zero-order valence-electron chi connectivity index (χ0n) is 6.52.